The Morgan fingerprint density at radius 2 is 1.80 bits per heavy atom. The van der Waals surface area contributed by atoms with Crippen LogP contribution in [0, 0.1) is 6.92 Å². The molecule has 0 bridgehead atoms. The number of nitrogens with one attached hydrogen (secondary N) is 1. The van der Waals surface area contributed by atoms with Gasteiger partial charge in [-0.05, 0) is 54.3 Å². The molecule has 0 aliphatic carbocycles. The van der Waals surface area contributed by atoms with Crippen molar-refractivity contribution in [3.8, 4) is 5.75 Å². The number of rotatable bonds is 6. The van der Waals surface area contributed by atoms with Gasteiger partial charge in [0.05, 0.1) is 13.2 Å². The predicted octanol–water partition coefficient (Wildman–Crippen LogP) is 4.58. The minimum atomic E-state index is -0.165. The van der Waals surface area contributed by atoms with Crippen molar-refractivity contribution in [3.63, 3.8) is 0 Å². The highest BCUT2D eigenvalue weighted by atomic mass is 16.5. The number of carbonyl (C=O) groups is 2. The molecule has 2 amide bonds. The SMILES string of the molecule is COc1ccc2[nH]c(C(=O)N3CC(=O)N(Cc4ccccc4C)[C@@H](Cc4ccccc4)C3)cc2c1. The van der Waals surface area contributed by atoms with Crippen LogP contribution in [0.5, 0.6) is 5.75 Å². The van der Waals surface area contributed by atoms with Gasteiger partial charge in [-0.3, -0.25) is 9.59 Å². The van der Waals surface area contributed by atoms with Crippen LogP contribution >= 0.6 is 0 Å². The van der Waals surface area contributed by atoms with E-state index in [4.69, 9.17) is 4.74 Å². The first-order valence-corrected chi connectivity index (χ1v) is 11.9. The largest absolute Gasteiger partial charge is 0.497 e. The molecule has 1 aromatic heterocycles. The number of methoxy groups -OCH3 is 1. The number of hydrogen-bond donors (Lipinski definition) is 1. The summed E-state index contributed by atoms with van der Waals surface area (Å²) in [6.07, 6.45) is 0.687. The Hall–Kier alpha value is -4.06. The third kappa shape index (κ3) is 4.78. The molecule has 35 heavy (non-hydrogen) atoms. The summed E-state index contributed by atoms with van der Waals surface area (Å²) in [4.78, 5) is 33.7. The Morgan fingerprint density at radius 3 is 2.57 bits per heavy atom. The topological polar surface area (TPSA) is 65.6 Å². The number of ether oxygens (including phenoxy) is 1. The van der Waals surface area contributed by atoms with Gasteiger partial charge in [-0.25, -0.2) is 0 Å². The van der Waals surface area contributed by atoms with Crippen molar-refractivity contribution in [1.29, 1.82) is 0 Å². The number of aromatic nitrogens is 1. The van der Waals surface area contributed by atoms with Crippen LogP contribution in [0.1, 0.15) is 27.2 Å². The molecule has 1 aliphatic heterocycles. The summed E-state index contributed by atoms with van der Waals surface area (Å²) >= 11 is 0. The smallest absolute Gasteiger partial charge is 0.270 e. The maximum absolute atomic E-state index is 13.5. The third-order valence-corrected chi connectivity index (χ3v) is 6.78. The fourth-order valence-corrected chi connectivity index (χ4v) is 4.80. The van der Waals surface area contributed by atoms with Gasteiger partial charge in [0.25, 0.3) is 5.91 Å². The zero-order valence-electron chi connectivity index (χ0n) is 20.0. The average molecular weight is 468 g/mol. The van der Waals surface area contributed by atoms with Crippen LogP contribution in [0.2, 0.25) is 0 Å². The predicted molar refractivity (Wildman–Crippen MR) is 136 cm³/mol. The molecule has 3 aromatic carbocycles. The first-order valence-electron chi connectivity index (χ1n) is 11.9. The monoisotopic (exact) mass is 467 g/mol. The summed E-state index contributed by atoms with van der Waals surface area (Å²) in [5.74, 6) is 0.534. The molecule has 0 unspecified atom stereocenters. The summed E-state index contributed by atoms with van der Waals surface area (Å²) < 4.78 is 5.30. The van der Waals surface area contributed by atoms with E-state index in [0.29, 0.717) is 25.2 Å². The van der Waals surface area contributed by atoms with Gasteiger partial charge in [-0.15, -0.1) is 0 Å². The molecule has 2 heterocycles. The molecule has 178 valence electrons. The van der Waals surface area contributed by atoms with Gasteiger partial charge in [0, 0.05) is 24.0 Å². The second-order valence-electron chi connectivity index (χ2n) is 9.11. The molecule has 1 atom stereocenters. The molecule has 6 heteroatoms. The van der Waals surface area contributed by atoms with Crippen molar-refractivity contribution >= 4 is 22.7 Å². The number of fused-ring (bicyclic) bond motifs is 1. The van der Waals surface area contributed by atoms with E-state index < -0.39 is 0 Å². The zero-order valence-corrected chi connectivity index (χ0v) is 20.0. The second kappa shape index (κ2) is 9.66. The highest BCUT2D eigenvalue weighted by Crippen LogP contribution is 2.25. The number of amides is 2. The first-order chi connectivity index (χ1) is 17.0. The van der Waals surface area contributed by atoms with Crippen LogP contribution in [0.15, 0.2) is 78.9 Å². The van der Waals surface area contributed by atoms with E-state index in [9.17, 15) is 9.59 Å². The third-order valence-electron chi connectivity index (χ3n) is 6.78. The van der Waals surface area contributed by atoms with E-state index in [0.717, 1.165) is 33.3 Å². The minimum Gasteiger partial charge on any atom is -0.497 e. The van der Waals surface area contributed by atoms with E-state index in [-0.39, 0.29) is 24.4 Å². The summed E-state index contributed by atoms with van der Waals surface area (Å²) in [6.45, 7) is 3.15. The van der Waals surface area contributed by atoms with Crippen molar-refractivity contribution in [1.82, 2.24) is 14.8 Å². The first kappa shape index (κ1) is 22.7. The van der Waals surface area contributed by atoms with Gasteiger partial charge in [-0.1, -0.05) is 54.6 Å². The maximum atomic E-state index is 13.5. The highest BCUT2D eigenvalue weighted by molar-refractivity contribution is 6.00. The Bertz CT molecular complexity index is 1360. The summed E-state index contributed by atoms with van der Waals surface area (Å²) in [5.41, 5.74) is 4.77. The molecular formula is C29H29N3O3. The number of benzene rings is 3. The van der Waals surface area contributed by atoms with Gasteiger partial charge in [0.1, 0.15) is 18.0 Å². The molecule has 4 aromatic rings. The molecule has 1 N–H and O–H groups in total. The fraction of sp³-hybridized carbons (Fsp3) is 0.241. The Balaban J connectivity index is 1.42. The van der Waals surface area contributed by atoms with Crippen LogP contribution in [0.4, 0.5) is 0 Å². The Kier molecular flexibility index (Phi) is 6.27. The number of carbonyl (C=O) groups excluding carboxylic acids is 2. The van der Waals surface area contributed by atoms with E-state index in [2.05, 4.69) is 36.2 Å². The molecule has 0 saturated carbocycles. The highest BCUT2D eigenvalue weighted by Gasteiger charge is 2.35. The molecule has 5 rings (SSSR count). The van der Waals surface area contributed by atoms with Crippen molar-refractivity contribution in [2.45, 2.75) is 25.9 Å². The summed E-state index contributed by atoms with van der Waals surface area (Å²) in [6, 6.07) is 25.7. The molecular weight excluding hydrogens is 438 g/mol. The van der Waals surface area contributed by atoms with Gasteiger partial charge >= 0.3 is 0 Å². The molecule has 0 spiro atoms. The quantitative estimate of drug-likeness (QED) is 0.451. The van der Waals surface area contributed by atoms with Gasteiger partial charge in [0.2, 0.25) is 5.91 Å². The molecule has 0 radical (unpaired) electrons. The van der Waals surface area contributed by atoms with Crippen molar-refractivity contribution in [2.75, 3.05) is 20.2 Å². The van der Waals surface area contributed by atoms with Gasteiger partial charge in [0.15, 0.2) is 0 Å². The van der Waals surface area contributed by atoms with Gasteiger partial charge in [-0.2, -0.15) is 0 Å². The minimum absolute atomic E-state index is 0.0356. The standard InChI is InChI=1S/C29H29N3O3/c1-20-8-6-7-11-22(20)17-32-24(14-21-9-4-3-5-10-21)18-31(19-28(32)33)29(34)27-16-23-15-25(35-2)12-13-26(23)30-27/h3-13,15-16,24,30H,14,17-19H2,1-2H3/t24-/m0/s1. The van der Waals surface area contributed by atoms with E-state index >= 15 is 0 Å². The van der Waals surface area contributed by atoms with Crippen LogP contribution in [-0.2, 0) is 17.8 Å². The maximum Gasteiger partial charge on any atom is 0.270 e. The van der Waals surface area contributed by atoms with E-state index in [1.807, 2.05) is 59.5 Å². The Labute approximate surface area is 205 Å². The lowest BCUT2D eigenvalue weighted by atomic mass is 9.99. The van der Waals surface area contributed by atoms with Crippen molar-refractivity contribution < 1.29 is 14.3 Å². The lowest BCUT2D eigenvalue weighted by Crippen LogP contribution is -2.58. The number of hydrogen-bond acceptors (Lipinski definition) is 3. The molecule has 1 aliphatic rings. The van der Waals surface area contributed by atoms with Gasteiger partial charge < -0.3 is 19.5 Å². The summed E-state index contributed by atoms with van der Waals surface area (Å²) in [7, 11) is 1.62. The number of piperazine rings is 1. The van der Waals surface area contributed by atoms with Crippen LogP contribution < -0.4 is 4.74 Å². The Morgan fingerprint density at radius 1 is 1.03 bits per heavy atom. The number of H-pyrrole nitrogens is 1. The van der Waals surface area contributed by atoms with E-state index in [1.54, 1.807) is 12.0 Å². The number of aryl methyl sites for hydroxylation is 1. The number of aromatic amines is 1. The van der Waals surface area contributed by atoms with Crippen molar-refractivity contribution in [3.05, 3.63) is 101 Å². The summed E-state index contributed by atoms with van der Waals surface area (Å²) in [5, 5.41) is 0.901. The average Bonchev–Trinajstić information content (AvgIpc) is 3.30. The van der Waals surface area contributed by atoms with Crippen LogP contribution in [0.3, 0.4) is 0 Å². The normalized spacial score (nSPS) is 16.1. The van der Waals surface area contributed by atoms with Crippen LogP contribution in [0.25, 0.3) is 10.9 Å². The molecule has 1 saturated heterocycles. The lowest BCUT2D eigenvalue weighted by Gasteiger charge is -2.41. The molecule has 1 fully saturated rings. The van der Waals surface area contributed by atoms with Crippen LogP contribution in [-0.4, -0.2) is 52.8 Å². The number of nitrogens with zero attached hydrogens (tertiary/aromatic N) is 2. The zero-order chi connectivity index (χ0) is 24.4. The lowest BCUT2D eigenvalue weighted by molar-refractivity contribution is -0.139. The van der Waals surface area contributed by atoms with E-state index in [1.165, 1.54) is 0 Å². The second-order valence-corrected chi connectivity index (χ2v) is 9.11. The fourth-order valence-electron chi connectivity index (χ4n) is 4.80. The molecule has 6 nitrogen and oxygen atoms in total. The van der Waals surface area contributed by atoms with Crippen molar-refractivity contribution in [2.24, 2.45) is 0 Å².